The molecule has 9 nitrogen and oxygen atoms in total. The molecular formula is C28H27ClN4O5. The first-order valence-electron chi connectivity index (χ1n) is 12.1. The van der Waals surface area contributed by atoms with E-state index < -0.39 is 12.0 Å². The Kier molecular flexibility index (Phi) is 8.60. The van der Waals surface area contributed by atoms with Crippen LogP contribution in [0.15, 0.2) is 77.8 Å². The van der Waals surface area contributed by atoms with E-state index in [0.717, 1.165) is 5.56 Å². The molecule has 3 aromatic carbocycles. The zero-order chi connectivity index (χ0) is 27.1. The molecule has 196 valence electrons. The fourth-order valence-electron chi connectivity index (χ4n) is 3.83. The molecule has 4 rings (SSSR count). The van der Waals surface area contributed by atoms with E-state index in [1.165, 1.54) is 4.90 Å². The van der Waals surface area contributed by atoms with Crippen molar-refractivity contribution in [2.24, 2.45) is 4.99 Å². The van der Waals surface area contributed by atoms with Crippen molar-refractivity contribution in [2.75, 3.05) is 11.9 Å². The Hall–Kier alpha value is -4.37. The zero-order valence-electron chi connectivity index (χ0n) is 20.7. The average Bonchev–Trinajstić information content (AvgIpc) is 2.89. The third-order valence-corrected chi connectivity index (χ3v) is 6.01. The van der Waals surface area contributed by atoms with Gasteiger partial charge >= 0.3 is 5.97 Å². The molecule has 0 fully saturated rings. The van der Waals surface area contributed by atoms with Crippen LogP contribution in [0.5, 0.6) is 11.5 Å². The number of benzene rings is 3. The number of carboxylic acid groups (broad SMARTS) is 1. The third-order valence-electron chi connectivity index (χ3n) is 5.75. The van der Waals surface area contributed by atoms with Gasteiger partial charge in [-0.2, -0.15) is 0 Å². The molecule has 3 aromatic rings. The number of carboxylic acids is 1. The summed E-state index contributed by atoms with van der Waals surface area (Å²) in [6, 6.07) is 20.4. The maximum absolute atomic E-state index is 13.3. The van der Waals surface area contributed by atoms with E-state index in [-0.39, 0.29) is 37.7 Å². The van der Waals surface area contributed by atoms with Gasteiger partial charge in [0, 0.05) is 17.1 Å². The number of aliphatic carboxylic acids is 1. The summed E-state index contributed by atoms with van der Waals surface area (Å²) in [4.78, 5) is 42.3. The first kappa shape index (κ1) is 26.7. The zero-order valence-corrected chi connectivity index (χ0v) is 21.4. The minimum Gasteiger partial charge on any atom is -0.481 e. The summed E-state index contributed by atoms with van der Waals surface area (Å²) in [6.07, 6.45) is 0.185. The number of hydrogen-bond acceptors (Lipinski definition) is 6. The topological polar surface area (TPSA) is 120 Å². The molecule has 2 amide bonds. The largest absolute Gasteiger partial charge is 0.481 e. The lowest BCUT2D eigenvalue weighted by atomic mass is 10.1. The maximum Gasteiger partial charge on any atom is 0.307 e. The molecule has 1 aliphatic rings. The van der Waals surface area contributed by atoms with Crippen LogP contribution in [-0.2, 0) is 27.3 Å². The van der Waals surface area contributed by atoms with Crippen LogP contribution in [0, 0.1) is 0 Å². The van der Waals surface area contributed by atoms with Crippen LogP contribution in [0.2, 0.25) is 5.02 Å². The normalized spacial score (nSPS) is 15.0. The fraction of sp³-hybridized carbons (Fsp3) is 0.214. The number of anilines is 1. The molecule has 1 aliphatic heterocycles. The second kappa shape index (κ2) is 12.2. The Bertz CT molecular complexity index is 1340. The van der Waals surface area contributed by atoms with E-state index in [1.54, 1.807) is 67.6 Å². The second-order valence-corrected chi connectivity index (χ2v) is 9.09. The lowest BCUT2D eigenvalue weighted by Gasteiger charge is -2.32. The average molecular weight is 535 g/mol. The number of nitrogens with zero attached hydrogens (tertiary/aromatic N) is 2. The predicted octanol–water partition coefficient (Wildman–Crippen LogP) is 4.46. The number of hydrogen-bond donors (Lipinski definition) is 3. The molecule has 0 saturated heterocycles. The molecule has 0 bridgehead atoms. The van der Waals surface area contributed by atoms with E-state index in [4.69, 9.17) is 21.4 Å². The van der Waals surface area contributed by atoms with Gasteiger partial charge in [0.05, 0.1) is 19.5 Å². The Balaban J connectivity index is 1.49. The quantitative estimate of drug-likeness (QED) is 0.372. The van der Waals surface area contributed by atoms with Crippen LogP contribution >= 0.6 is 11.6 Å². The molecule has 1 heterocycles. The monoisotopic (exact) mass is 534 g/mol. The maximum atomic E-state index is 13.3. The first-order chi connectivity index (χ1) is 18.3. The van der Waals surface area contributed by atoms with Gasteiger partial charge in [0.25, 0.3) is 5.91 Å². The Labute approximate surface area is 225 Å². The molecule has 1 unspecified atom stereocenters. The molecule has 0 spiro atoms. The van der Waals surface area contributed by atoms with Gasteiger partial charge in [-0.05, 0) is 59.7 Å². The Morgan fingerprint density at radius 3 is 2.47 bits per heavy atom. The number of guanidine groups is 1. The third kappa shape index (κ3) is 7.10. The van der Waals surface area contributed by atoms with Gasteiger partial charge in [-0.1, -0.05) is 42.8 Å². The second-order valence-electron chi connectivity index (χ2n) is 8.66. The summed E-state index contributed by atoms with van der Waals surface area (Å²) in [7, 11) is 0. The number of carbonyl (C=O) groups is 3. The fourth-order valence-corrected chi connectivity index (χ4v) is 3.96. The highest BCUT2D eigenvalue weighted by atomic mass is 35.5. The van der Waals surface area contributed by atoms with Crippen LogP contribution in [0.4, 0.5) is 5.69 Å². The molecule has 3 N–H and O–H groups in total. The smallest absolute Gasteiger partial charge is 0.307 e. The SMILES string of the molecule is CCC(=O)NC1CN=C(Nc2ccc(Oc3cccc(CC(=O)O)c3)cc2)N(Cc2ccc(Cl)cc2)C1=O. The highest BCUT2D eigenvalue weighted by Crippen LogP contribution is 2.25. The lowest BCUT2D eigenvalue weighted by molar-refractivity contribution is -0.136. The summed E-state index contributed by atoms with van der Waals surface area (Å²) < 4.78 is 5.87. The summed E-state index contributed by atoms with van der Waals surface area (Å²) in [6.45, 7) is 2.09. The number of nitrogens with one attached hydrogen (secondary N) is 2. The molecule has 0 aromatic heterocycles. The van der Waals surface area contributed by atoms with E-state index in [9.17, 15) is 14.4 Å². The minimum absolute atomic E-state index is 0.0869. The molecule has 0 saturated carbocycles. The molecule has 1 atom stereocenters. The van der Waals surface area contributed by atoms with Gasteiger partial charge in [-0.25, -0.2) is 4.99 Å². The molecule has 38 heavy (non-hydrogen) atoms. The van der Waals surface area contributed by atoms with Gasteiger partial charge in [0.1, 0.15) is 17.5 Å². The van der Waals surface area contributed by atoms with E-state index >= 15 is 0 Å². The van der Waals surface area contributed by atoms with Gasteiger partial charge in [-0.15, -0.1) is 0 Å². The number of aliphatic imine (C=N–C) groups is 1. The van der Waals surface area contributed by atoms with Crippen molar-refractivity contribution in [1.82, 2.24) is 10.2 Å². The van der Waals surface area contributed by atoms with Crippen LogP contribution in [0.25, 0.3) is 0 Å². The van der Waals surface area contributed by atoms with Crippen LogP contribution in [-0.4, -0.2) is 46.3 Å². The van der Waals surface area contributed by atoms with Crippen molar-refractivity contribution < 1.29 is 24.2 Å². The van der Waals surface area contributed by atoms with Crippen molar-refractivity contribution in [3.8, 4) is 11.5 Å². The predicted molar refractivity (Wildman–Crippen MR) is 144 cm³/mol. The lowest BCUT2D eigenvalue weighted by Crippen LogP contribution is -2.56. The van der Waals surface area contributed by atoms with Gasteiger partial charge < -0.3 is 20.5 Å². The van der Waals surface area contributed by atoms with E-state index in [1.807, 2.05) is 12.1 Å². The summed E-state index contributed by atoms with van der Waals surface area (Å²) in [5.41, 5.74) is 2.18. The molecular weight excluding hydrogens is 508 g/mol. The number of halogens is 1. The number of carbonyl (C=O) groups excluding carboxylic acids is 2. The van der Waals surface area contributed by atoms with Crippen LogP contribution in [0.1, 0.15) is 24.5 Å². The van der Waals surface area contributed by atoms with Crippen LogP contribution in [0.3, 0.4) is 0 Å². The van der Waals surface area contributed by atoms with E-state index in [2.05, 4.69) is 15.6 Å². The first-order valence-corrected chi connectivity index (χ1v) is 12.4. The van der Waals surface area contributed by atoms with Crippen molar-refractivity contribution in [3.05, 3.63) is 88.9 Å². The Morgan fingerprint density at radius 2 is 1.79 bits per heavy atom. The van der Waals surface area contributed by atoms with Crippen molar-refractivity contribution in [3.63, 3.8) is 0 Å². The molecule has 10 heteroatoms. The van der Waals surface area contributed by atoms with Gasteiger partial charge in [0.15, 0.2) is 0 Å². The molecule has 0 radical (unpaired) electrons. The standard InChI is InChI=1S/C28H27ClN4O5/c1-2-25(34)32-24-16-30-28(33(27(24)37)17-18-6-8-20(29)9-7-18)31-21-10-12-22(13-11-21)38-23-5-3-4-19(14-23)15-26(35)36/h3-14,24H,2,15-17H2,1H3,(H,30,31)(H,32,34)(H,35,36). The number of amides is 2. The summed E-state index contributed by atoms with van der Waals surface area (Å²) in [5.74, 6) is 0.0600. The summed E-state index contributed by atoms with van der Waals surface area (Å²) >= 11 is 6.01. The van der Waals surface area contributed by atoms with Gasteiger partial charge in [0.2, 0.25) is 11.9 Å². The minimum atomic E-state index is -0.911. The highest BCUT2D eigenvalue weighted by molar-refractivity contribution is 6.30. The highest BCUT2D eigenvalue weighted by Gasteiger charge is 2.33. The summed E-state index contributed by atoms with van der Waals surface area (Å²) in [5, 5.41) is 15.5. The molecule has 0 aliphatic carbocycles. The van der Waals surface area contributed by atoms with Crippen molar-refractivity contribution >= 4 is 41.0 Å². The van der Waals surface area contributed by atoms with Gasteiger partial charge in [-0.3, -0.25) is 19.3 Å². The number of ether oxygens (including phenoxy) is 1. The van der Waals surface area contributed by atoms with Crippen molar-refractivity contribution in [2.45, 2.75) is 32.4 Å². The Morgan fingerprint density at radius 1 is 1.05 bits per heavy atom. The van der Waals surface area contributed by atoms with Crippen molar-refractivity contribution in [1.29, 1.82) is 0 Å². The number of rotatable bonds is 9. The van der Waals surface area contributed by atoms with Crippen LogP contribution < -0.4 is 15.4 Å². The van der Waals surface area contributed by atoms with E-state index in [0.29, 0.717) is 33.7 Å².